The first-order valence-electron chi connectivity index (χ1n) is 8.44. The molecule has 2 aromatic rings. The monoisotopic (exact) mass is 442 g/mol. The summed E-state index contributed by atoms with van der Waals surface area (Å²) in [4.78, 5) is 4.78. The van der Waals surface area contributed by atoms with Gasteiger partial charge in [-0.3, -0.25) is 4.90 Å². The molecule has 1 aromatic heterocycles. The van der Waals surface area contributed by atoms with Gasteiger partial charge in [0.1, 0.15) is 12.6 Å². The van der Waals surface area contributed by atoms with Crippen molar-refractivity contribution in [2.45, 2.75) is 30.9 Å². The molecular weight excluding hydrogens is 428 g/mol. The van der Waals surface area contributed by atoms with Gasteiger partial charge in [-0.15, -0.1) is 5.10 Å². The molecule has 1 aliphatic heterocycles. The van der Waals surface area contributed by atoms with E-state index in [0.29, 0.717) is 12.1 Å². The lowest BCUT2D eigenvalue weighted by Crippen LogP contribution is -2.33. The van der Waals surface area contributed by atoms with E-state index in [1.807, 2.05) is 0 Å². The topological polar surface area (TPSA) is 54.2 Å². The smallest absolute Gasteiger partial charge is 0.375 e. The summed E-state index contributed by atoms with van der Waals surface area (Å²) < 4.78 is 105. The maximum absolute atomic E-state index is 13.2. The summed E-state index contributed by atoms with van der Waals surface area (Å²) in [6.45, 7) is -0.697. The molecule has 0 saturated carbocycles. The average molecular weight is 442 g/mol. The van der Waals surface area contributed by atoms with Gasteiger partial charge in [-0.2, -0.15) is 26.3 Å². The number of likely N-dealkylation sites (tertiary alicyclic amines) is 1. The molecule has 1 N–H and O–H groups in total. The maximum Gasteiger partial charge on any atom is 0.416 e. The second-order valence-electron chi connectivity index (χ2n) is 6.67. The lowest BCUT2D eigenvalue weighted by molar-refractivity contribution is -0.143. The number of nitrogens with zero attached hydrogens (tertiary/aromatic N) is 4. The van der Waals surface area contributed by atoms with E-state index in [9.17, 15) is 40.2 Å². The predicted molar refractivity (Wildman–Crippen MR) is 87.9 cm³/mol. The first kappa shape index (κ1) is 22.2. The Bertz CT molecular complexity index is 902. The molecule has 5 nitrogen and oxygen atoms in total. The molecule has 1 aromatic carbocycles. The fourth-order valence-corrected chi connectivity index (χ4v) is 2.84. The van der Waals surface area contributed by atoms with Crippen LogP contribution in [0.5, 0.6) is 0 Å². The van der Waals surface area contributed by atoms with E-state index in [-0.39, 0.29) is 12.6 Å². The van der Waals surface area contributed by atoms with Gasteiger partial charge in [0.25, 0.3) is 5.92 Å². The zero-order chi connectivity index (χ0) is 22.3. The average Bonchev–Trinajstić information content (AvgIpc) is 3.24. The van der Waals surface area contributed by atoms with E-state index in [1.54, 1.807) is 0 Å². The van der Waals surface area contributed by atoms with Crippen LogP contribution in [-0.2, 0) is 12.4 Å². The van der Waals surface area contributed by atoms with E-state index in [1.165, 1.54) is 0 Å². The van der Waals surface area contributed by atoms with Crippen LogP contribution in [0.15, 0.2) is 30.6 Å². The molecule has 0 amide bonds. The number of rotatable bonds is 4. The lowest BCUT2D eigenvalue weighted by Gasteiger charge is -2.19. The van der Waals surface area contributed by atoms with Crippen molar-refractivity contribution >= 4 is 6.20 Å². The van der Waals surface area contributed by atoms with Crippen molar-refractivity contribution in [3.05, 3.63) is 41.7 Å². The van der Waals surface area contributed by atoms with Crippen LogP contribution in [0, 0.1) is 0 Å². The molecule has 0 radical (unpaired) electrons. The predicted octanol–water partition coefficient (Wildman–Crippen LogP) is 4.11. The molecule has 2 heterocycles. The highest BCUT2D eigenvalue weighted by molar-refractivity contribution is 5.58. The number of hydrogen-bond donors (Lipinski definition) is 1. The Labute approximate surface area is 164 Å². The fourth-order valence-electron chi connectivity index (χ4n) is 2.84. The van der Waals surface area contributed by atoms with E-state index in [0.717, 1.165) is 28.2 Å². The number of hydrogen-bond acceptors (Lipinski definition) is 4. The van der Waals surface area contributed by atoms with E-state index < -0.39 is 60.0 Å². The number of halogens is 8. The Balaban J connectivity index is 1.83. The second kappa shape index (κ2) is 7.61. The highest BCUT2D eigenvalue weighted by Gasteiger charge is 2.40. The molecular formula is C17H14F8N4O. The summed E-state index contributed by atoms with van der Waals surface area (Å²) in [5, 5.41) is 13.7. The minimum Gasteiger partial charge on any atom is -0.375 e. The minimum atomic E-state index is -5.01. The van der Waals surface area contributed by atoms with Gasteiger partial charge in [-0.25, -0.2) is 18.4 Å². The molecule has 0 spiro atoms. The normalized spacial score (nSPS) is 19.0. The van der Waals surface area contributed by atoms with Crippen molar-refractivity contribution in [1.82, 2.24) is 19.7 Å². The Morgan fingerprint density at radius 3 is 2.13 bits per heavy atom. The van der Waals surface area contributed by atoms with Crippen LogP contribution in [0.2, 0.25) is 0 Å². The van der Waals surface area contributed by atoms with Crippen molar-refractivity contribution in [2.75, 3.05) is 13.1 Å². The van der Waals surface area contributed by atoms with Gasteiger partial charge < -0.3 is 5.11 Å². The maximum atomic E-state index is 13.2. The second-order valence-corrected chi connectivity index (χ2v) is 6.67. The largest absolute Gasteiger partial charge is 0.416 e. The third kappa shape index (κ3) is 5.14. The van der Waals surface area contributed by atoms with E-state index in [2.05, 4.69) is 10.1 Å². The van der Waals surface area contributed by atoms with Crippen LogP contribution >= 0.6 is 0 Å². The highest BCUT2D eigenvalue weighted by atomic mass is 19.4. The van der Waals surface area contributed by atoms with E-state index >= 15 is 0 Å². The molecule has 1 saturated heterocycles. The summed E-state index contributed by atoms with van der Waals surface area (Å²) in [6, 6.07) is 0.960. The molecule has 0 bridgehead atoms. The molecule has 1 fully saturated rings. The number of benzene rings is 1. The van der Waals surface area contributed by atoms with Gasteiger partial charge in [-0.05, 0) is 24.3 Å². The summed E-state index contributed by atoms with van der Waals surface area (Å²) in [5.41, 5.74) is -3.53. The van der Waals surface area contributed by atoms with Gasteiger partial charge in [0.15, 0.2) is 5.82 Å². The van der Waals surface area contributed by atoms with Crippen LogP contribution in [-0.4, -0.2) is 50.0 Å². The number of aliphatic hydroxyl groups is 1. The van der Waals surface area contributed by atoms with Crippen molar-refractivity contribution in [3.8, 4) is 11.4 Å². The summed E-state index contributed by atoms with van der Waals surface area (Å²) in [7, 11) is 0. The zero-order valence-electron chi connectivity index (χ0n) is 14.9. The third-order valence-corrected chi connectivity index (χ3v) is 4.34. The molecule has 1 unspecified atom stereocenters. The molecule has 3 rings (SSSR count). The summed E-state index contributed by atoms with van der Waals surface area (Å²) in [5.74, 6) is -3.34. The molecule has 30 heavy (non-hydrogen) atoms. The van der Waals surface area contributed by atoms with Crippen molar-refractivity contribution in [2.24, 2.45) is 0 Å². The van der Waals surface area contributed by atoms with Gasteiger partial charge in [0, 0.05) is 24.7 Å². The third-order valence-electron chi connectivity index (χ3n) is 4.34. The van der Waals surface area contributed by atoms with Crippen LogP contribution in [0.3, 0.4) is 0 Å². The van der Waals surface area contributed by atoms with Crippen LogP contribution < -0.4 is 0 Å². The molecule has 1 aliphatic rings. The standard InChI is InChI=1S/C17H14F8N4O/c18-15(19)2-4-28(8-15)13(30)1-3-29-9-26-14(27-29)10-5-11(16(20,21)22)7-12(6-10)17(23,24)25/h1,3,5-7,9,13,30H,2,4,8H2/b3-1-. The lowest BCUT2D eigenvalue weighted by atomic mass is 10.0. The zero-order valence-corrected chi connectivity index (χ0v) is 14.9. The van der Waals surface area contributed by atoms with Crippen LogP contribution in [0.4, 0.5) is 35.1 Å². The summed E-state index contributed by atoms with van der Waals surface area (Å²) >= 11 is 0. The number of alkyl halides is 8. The fraction of sp³-hybridized carbons (Fsp3) is 0.412. The SMILES string of the molecule is OC(/C=C\n1cnc(-c2cc(C(F)(F)F)cc(C(F)(F)F)c2)n1)N1CCC(F)(F)C1. The van der Waals surface area contributed by atoms with Gasteiger partial charge in [-0.1, -0.05) is 0 Å². The van der Waals surface area contributed by atoms with Crippen LogP contribution in [0.1, 0.15) is 17.5 Å². The number of aromatic nitrogens is 3. The first-order chi connectivity index (χ1) is 13.7. The Morgan fingerprint density at radius 1 is 1.03 bits per heavy atom. The van der Waals surface area contributed by atoms with Crippen LogP contribution in [0.25, 0.3) is 17.6 Å². The molecule has 13 heteroatoms. The van der Waals surface area contributed by atoms with E-state index in [4.69, 9.17) is 0 Å². The molecule has 1 atom stereocenters. The van der Waals surface area contributed by atoms with Crippen molar-refractivity contribution in [3.63, 3.8) is 0 Å². The Kier molecular flexibility index (Phi) is 5.62. The van der Waals surface area contributed by atoms with Gasteiger partial charge in [0.05, 0.1) is 17.7 Å². The Hall–Kier alpha value is -2.54. The first-order valence-corrected chi connectivity index (χ1v) is 8.44. The molecule has 0 aliphatic carbocycles. The Morgan fingerprint density at radius 2 is 1.63 bits per heavy atom. The molecule has 164 valence electrons. The van der Waals surface area contributed by atoms with Gasteiger partial charge in [0.2, 0.25) is 0 Å². The number of aliphatic hydroxyl groups excluding tert-OH is 1. The van der Waals surface area contributed by atoms with Crippen molar-refractivity contribution < 1.29 is 40.2 Å². The minimum absolute atomic E-state index is 0.0113. The highest BCUT2D eigenvalue weighted by Crippen LogP contribution is 2.38. The van der Waals surface area contributed by atoms with Crippen molar-refractivity contribution in [1.29, 1.82) is 0 Å². The van der Waals surface area contributed by atoms with Gasteiger partial charge >= 0.3 is 12.4 Å². The summed E-state index contributed by atoms with van der Waals surface area (Å²) in [6.07, 6.45) is -8.63. The quantitative estimate of drug-likeness (QED) is 0.725.